The first-order chi connectivity index (χ1) is 8.74. The van der Waals surface area contributed by atoms with Gasteiger partial charge in [0.2, 0.25) is 5.91 Å². The number of rotatable bonds is 5. The summed E-state index contributed by atoms with van der Waals surface area (Å²) in [7, 11) is 0. The van der Waals surface area contributed by atoms with Gasteiger partial charge in [-0.15, -0.1) is 0 Å². The van der Waals surface area contributed by atoms with Crippen LogP contribution in [0, 0.1) is 6.92 Å². The SMILES string of the molecule is Cc1cc(CCNC(=O)C=Cc2ccco2)on1. The average Bonchev–Trinajstić information content (AvgIpc) is 2.98. The summed E-state index contributed by atoms with van der Waals surface area (Å²) in [5.41, 5.74) is 0.842. The summed E-state index contributed by atoms with van der Waals surface area (Å²) in [6, 6.07) is 5.40. The van der Waals surface area contributed by atoms with Crippen molar-refractivity contribution in [3.63, 3.8) is 0 Å². The Morgan fingerprint density at radius 3 is 3.11 bits per heavy atom. The maximum atomic E-state index is 11.4. The number of nitrogens with one attached hydrogen (secondary N) is 1. The molecule has 0 aliphatic rings. The fourth-order valence-electron chi connectivity index (χ4n) is 1.45. The molecule has 0 aliphatic carbocycles. The summed E-state index contributed by atoms with van der Waals surface area (Å²) in [6.45, 7) is 2.37. The second-order valence-corrected chi connectivity index (χ2v) is 3.82. The summed E-state index contributed by atoms with van der Waals surface area (Å²) >= 11 is 0. The number of carbonyl (C=O) groups is 1. The second kappa shape index (κ2) is 5.86. The van der Waals surface area contributed by atoms with E-state index in [2.05, 4.69) is 10.5 Å². The molecule has 2 aromatic heterocycles. The van der Waals surface area contributed by atoms with Crippen molar-refractivity contribution in [1.82, 2.24) is 10.5 Å². The van der Waals surface area contributed by atoms with Gasteiger partial charge in [-0.3, -0.25) is 4.79 Å². The van der Waals surface area contributed by atoms with Gasteiger partial charge in [0.25, 0.3) is 0 Å². The normalized spacial score (nSPS) is 10.9. The maximum Gasteiger partial charge on any atom is 0.244 e. The number of nitrogens with zero attached hydrogens (tertiary/aromatic N) is 1. The van der Waals surface area contributed by atoms with Gasteiger partial charge >= 0.3 is 0 Å². The summed E-state index contributed by atoms with van der Waals surface area (Å²) in [4.78, 5) is 11.4. The smallest absolute Gasteiger partial charge is 0.244 e. The minimum absolute atomic E-state index is 0.164. The van der Waals surface area contributed by atoms with Crippen molar-refractivity contribution in [1.29, 1.82) is 0 Å². The Morgan fingerprint density at radius 1 is 1.56 bits per heavy atom. The van der Waals surface area contributed by atoms with E-state index in [-0.39, 0.29) is 5.91 Å². The number of furan rings is 1. The van der Waals surface area contributed by atoms with E-state index in [0.717, 1.165) is 11.5 Å². The number of hydrogen-bond acceptors (Lipinski definition) is 4. The second-order valence-electron chi connectivity index (χ2n) is 3.82. The molecule has 94 valence electrons. The lowest BCUT2D eigenvalue weighted by molar-refractivity contribution is -0.116. The van der Waals surface area contributed by atoms with E-state index in [1.165, 1.54) is 6.08 Å². The van der Waals surface area contributed by atoms with E-state index in [1.54, 1.807) is 24.5 Å². The van der Waals surface area contributed by atoms with Crippen LogP contribution in [0.15, 0.2) is 39.5 Å². The number of aromatic nitrogens is 1. The minimum atomic E-state index is -0.164. The van der Waals surface area contributed by atoms with E-state index < -0.39 is 0 Å². The summed E-state index contributed by atoms with van der Waals surface area (Å²) in [5, 5.41) is 6.52. The van der Waals surface area contributed by atoms with Crippen LogP contribution in [-0.4, -0.2) is 17.6 Å². The monoisotopic (exact) mass is 246 g/mol. The molecule has 1 amide bonds. The van der Waals surface area contributed by atoms with Crippen LogP contribution in [0.2, 0.25) is 0 Å². The molecular formula is C13H14N2O3. The van der Waals surface area contributed by atoms with E-state index in [9.17, 15) is 4.79 Å². The molecule has 0 spiro atoms. The Balaban J connectivity index is 1.72. The zero-order valence-electron chi connectivity index (χ0n) is 10.1. The highest BCUT2D eigenvalue weighted by atomic mass is 16.5. The Bertz CT molecular complexity index is 526. The molecule has 0 fully saturated rings. The first-order valence-electron chi connectivity index (χ1n) is 5.65. The van der Waals surface area contributed by atoms with Crippen LogP contribution in [0.25, 0.3) is 6.08 Å². The number of hydrogen-bond donors (Lipinski definition) is 1. The van der Waals surface area contributed by atoms with Crippen molar-refractivity contribution >= 4 is 12.0 Å². The first kappa shape index (κ1) is 12.2. The van der Waals surface area contributed by atoms with Gasteiger partial charge in [0.1, 0.15) is 11.5 Å². The fourth-order valence-corrected chi connectivity index (χ4v) is 1.45. The molecule has 0 bridgehead atoms. The number of aryl methyl sites for hydroxylation is 1. The third kappa shape index (κ3) is 3.62. The lowest BCUT2D eigenvalue weighted by Gasteiger charge is -1.98. The van der Waals surface area contributed by atoms with Gasteiger partial charge in [0.15, 0.2) is 0 Å². The van der Waals surface area contributed by atoms with Gasteiger partial charge in [-0.2, -0.15) is 0 Å². The molecule has 18 heavy (non-hydrogen) atoms. The largest absolute Gasteiger partial charge is 0.465 e. The summed E-state index contributed by atoms with van der Waals surface area (Å²) < 4.78 is 10.1. The summed E-state index contributed by atoms with van der Waals surface area (Å²) in [5.74, 6) is 1.25. The van der Waals surface area contributed by atoms with E-state index >= 15 is 0 Å². The van der Waals surface area contributed by atoms with Crippen molar-refractivity contribution in [3.05, 3.63) is 47.8 Å². The molecule has 2 heterocycles. The standard InChI is InChI=1S/C13H14N2O3/c1-10-9-12(18-15-10)6-7-14-13(16)5-4-11-3-2-8-17-11/h2-5,8-9H,6-7H2,1H3,(H,14,16). The van der Waals surface area contributed by atoms with Gasteiger partial charge in [-0.25, -0.2) is 0 Å². The molecule has 2 aromatic rings. The lowest BCUT2D eigenvalue weighted by Crippen LogP contribution is -2.23. The van der Waals surface area contributed by atoms with E-state index in [1.807, 2.05) is 13.0 Å². The molecule has 0 atom stereocenters. The molecule has 0 aromatic carbocycles. The average molecular weight is 246 g/mol. The van der Waals surface area contributed by atoms with Gasteiger partial charge in [-0.1, -0.05) is 5.16 Å². The topological polar surface area (TPSA) is 68.3 Å². The first-order valence-corrected chi connectivity index (χ1v) is 5.65. The van der Waals surface area contributed by atoms with Crippen LogP contribution < -0.4 is 5.32 Å². The zero-order valence-corrected chi connectivity index (χ0v) is 10.1. The van der Waals surface area contributed by atoms with Gasteiger partial charge in [0.05, 0.1) is 12.0 Å². The summed E-state index contributed by atoms with van der Waals surface area (Å²) in [6.07, 6.45) is 5.24. The number of carbonyl (C=O) groups excluding carboxylic acids is 1. The Hall–Kier alpha value is -2.30. The molecule has 0 saturated heterocycles. The molecule has 2 rings (SSSR count). The van der Waals surface area contributed by atoms with E-state index in [4.69, 9.17) is 8.94 Å². The molecule has 1 N–H and O–H groups in total. The third-order valence-corrected chi connectivity index (χ3v) is 2.29. The van der Waals surface area contributed by atoms with E-state index in [0.29, 0.717) is 18.7 Å². The van der Waals surface area contributed by atoms with Crippen molar-refractivity contribution in [2.24, 2.45) is 0 Å². The Labute approximate surface area is 104 Å². The predicted molar refractivity (Wildman–Crippen MR) is 65.7 cm³/mol. The van der Waals surface area contributed by atoms with Crippen molar-refractivity contribution in [3.8, 4) is 0 Å². The van der Waals surface area contributed by atoms with Crippen LogP contribution in [-0.2, 0) is 11.2 Å². The molecule has 5 nitrogen and oxygen atoms in total. The highest BCUT2D eigenvalue weighted by Gasteiger charge is 2.01. The van der Waals surface area contributed by atoms with Crippen LogP contribution >= 0.6 is 0 Å². The molecule has 0 radical (unpaired) electrons. The third-order valence-electron chi connectivity index (χ3n) is 2.29. The van der Waals surface area contributed by atoms with Crippen LogP contribution in [0.3, 0.4) is 0 Å². The van der Waals surface area contributed by atoms with Gasteiger partial charge in [0, 0.05) is 25.1 Å². The molecule has 0 unspecified atom stereocenters. The van der Waals surface area contributed by atoms with Crippen LogP contribution in [0.5, 0.6) is 0 Å². The highest BCUT2D eigenvalue weighted by Crippen LogP contribution is 2.03. The lowest BCUT2D eigenvalue weighted by atomic mass is 10.3. The Kier molecular flexibility index (Phi) is 3.96. The predicted octanol–water partition coefficient (Wildman–Crippen LogP) is 1.95. The maximum absolute atomic E-state index is 11.4. The highest BCUT2D eigenvalue weighted by molar-refractivity contribution is 5.91. The molecule has 0 aliphatic heterocycles. The van der Waals surface area contributed by atoms with Crippen LogP contribution in [0.1, 0.15) is 17.2 Å². The van der Waals surface area contributed by atoms with Gasteiger partial charge < -0.3 is 14.3 Å². The van der Waals surface area contributed by atoms with Crippen molar-refractivity contribution in [2.45, 2.75) is 13.3 Å². The quantitative estimate of drug-likeness (QED) is 0.819. The van der Waals surface area contributed by atoms with Crippen molar-refractivity contribution < 1.29 is 13.7 Å². The van der Waals surface area contributed by atoms with Crippen LogP contribution in [0.4, 0.5) is 0 Å². The Morgan fingerprint density at radius 2 is 2.44 bits per heavy atom. The van der Waals surface area contributed by atoms with Gasteiger partial charge in [-0.05, 0) is 25.1 Å². The molecule has 0 saturated carbocycles. The minimum Gasteiger partial charge on any atom is -0.465 e. The zero-order chi connectivity index (χ0) is 12.8. The molecule has 5 heteroatoms. The molecular weight excluding hydrogens is 232 g/mol. The number of amides is 1. The fraction of sp³-hybridized carbons (Fsp3) is 0.231. The van der Waals surface area contributed by atoms with Crippen molar-refractivity contribution in [2.75, 3.05) is 6.54 Å².